The topological polar surface area (TPSA) is 73.4 Å². The average Bonchev–Trinajstić information content (AvgIpc) is 3.36. The summed E-state index contributed by atoms with van der Waals surface area (Å²) in [5.74, 6) is -1.17. The van der Waals surface area contributed by atoms with E-state index in [1.165, 1.54) is 0 Å². The normalized spacial score (nSPS) is 17.3. The number of alkyl halides is 3. The van der Waals surface area contributed by atoms with Crippen molar-refractivity contribution in [2.45, 2.75) is 38.9 Å². The first-order valence-electron chi connectivity index (χ1n) is 10.6. The zero-order chi connectivity index (χ0) is 22.9. The molecule has 0 amide bonds. The number of nitrogens with zero attached hydrogens (tertiary/aromatic N) is 4. The second-order valence-electron chi connectivity index (χ2n) is 8.24. The number of Topliss-reactive ketones (excluding diaryl/α,β-unsaturated/α-hetero) is 1. The highest BCUT2D eigenvalue weighted by Crippen LogP contribution is 2.35. The minimum Gasteiger partial charge on any atom is -0.420 e. The van der Waals surface area contributed by atoms with E-state index in [1.54, 1.807) is 34.9 Å². The zero-order valence-corrected chi connectivity index (χ0v) is 18.0. The molecule has 0 saturated carbocycles. The molecule has 0 radical (unpaired) electrons. The minimum absolute atomic E-state index is 0.137. The first-order chi connectivity index (χ1) is 15.2. The van der Waals surface area contributed by atoms with E-state index in [4.69, 9.17) is 9.15 Å². The molecule has 32 heavy (non-hydrogen) atoms. The van der Waals surface area contributed by atoms with Crippen LogP contribution in [0.25, 0.3) is 10.9 Å². The van der Waals surface area contributed by atoms with Gasteiger partial charge in [-0.25, -0.2) is 0 Å². The molecule has 1 unspecified atom stereocenters. The summed E-state index contributed by atoms with van der Waals surface area (Å²) >= 11 is 0. The maximum Gasteiger partial charge on any atom is 0.437 e. The van der Waals surface area contributed by atoms with E-state index < -0.39 is 23.4 Å². The Labute approximate surface area is 183 Å². The molecule has 1 atom stereocenters. The third-order valence-corrected chi connectivity index (χ3v) is 5.57. The molecule has 1 aliphatic rings. The number of methoxy groups -OCH3 is 1. The summed E-state index contributed by atoms with van der Waals surface area (Å²) < 4.78 is 53.0. The van der Waals surface area contributed by atoms with Crippen LogP contribution in [-0.4, -0.2) is 47.4 Å². The van der Waals surface area contributed by atoms with Crippen molar-refractivity contribution in [3.8, 4) is 0 Å². The van der Waals surface area contributed by atoms with Gasteiger partial charge in [-0.3, -0.25) is 9.48 Å². The summed E-state index contributed by atoms with van der Waals surface area (Å²) in [6.45, 7) is 4.21. The largest absolute Gasteiger partial charge is 0.437 e. The summed E-state index contributed by atoms with van der Waals surface area (Å²) in [6, 6.07) is 5.04. The monoisotopic (exact) mass is 450 g/mol. The number of benzene rings is 1. The highest BCUT2D eigenvalue weighted by Gasteiger charge is 2.42. The van der Waals surface area contributed by atoms with Crippen LogP contribution in [0.1, 0.15) is 41.6 Å². The summed E-state index contributed by atoms with van der Waals surface area (Å²) in [4.78, 5) is 18.2. The van der Waals surface area contributed by atoms with Crippen LogP contribution in [0, 0.1) is 5.92 Å². The summed E-state index contributed by atoms with van der Waals surface area (Å²) in [7, 11) is 1.60. The van der Waals surface area contributed by atoms with Crippen LogP contribution in [0.5, 0.6) is 0 Å². The number of ketones is 1. The molecule has 3 heterocycles. The highest BCUT2D eigenvalue weighted by molar-refractivity contribution is 5.97. The van der Waals surface area contributed by atoms with Gasteiger partial charge in [-0.05, 0) is 36.5 Å². The molecule has 172 valence electrons. The number of halogens is 3. The lowest BCUT2D eigenvalue weighted by Gasteiger charge is -2.29. The predicted octanol–water partition coefficient (Wildman–Crippen LogP) is 4.35. The molecule has 1 aliphatic heterocycles. The standard InChI is InChI=1S/C22H25F3N4O3/c1-14-4-3-7-28(12-14)21-26-20(22(23,24)25)19(32-21)18(30)11-15-5-6-17-16(10-15)13-29(27-17)8-9-31-2/h5-6,10,13-14H,3-4,7-9,11-12H2,1-2H3. The van der Waals surface area contributed by atoms with Crippen molar-refractivity contribution in [1.82, 2.24) is 14.8 Å². The molecule has 3 aromatic rings. The quantitative estimate of drug-likeness (QED) is 0.499. The fraction of sp³-hybridized carbons (Fsp3) is 0.500. The smallest absolute Gasteiger partial charge is 0.420 e. The van der Waals surface area contributed by atoms with Crippen molar-refractivity contribution in [3.63, 3.8) is 0 Å². The molecular weight excluding hydrogens is 425 g/mol. The van der Waals surface area contributed by atoms with Gasteiger partial charge in [0.1, 0.15) is 0 Å². The van der Waals surface area contributed by atoms with Gasteiger partial charge in [0, 0.05) is 38.2 Å². The number of hydrogen-bond donors (Lipinski definition) is 0. The third kappa shape index (κ3) is 4.79. The number of anilines is 1. The van der Waals surface area contributed by atoms with Crippen molar-refractivity contribution in [1.29, 1.82) is 0 Å². The Kier molecular flexibility index (Phi) is 6.23. The number of carbonyl (C=O) groups is 1. The molecule has 0 spiro atoms. The number of carbonyl (C=O) groups excluding carboxylic acids is 1. The molecule has 4 rings (SSSR count). The van der Waals surface area contributed by atoms with E-state index in [2.05, 4.69) is 10.1 Å². The molecular formula is C22H25F3N4O3. The third-order valence-electron chi connectivity index (χ3n) is 5.57. The van der Waals surface area contributed by atoms with Crippen LogP contribution in [0.4, 0.5) is 19.2 Å². The van der Waals surface area contributed by atoms with Crippen LogP contribution >= 0.6 is 0 Å². The maximum atomic E-state index is 13.6. The number of oxazole rings is 1. The van der Waals surface area contributed by atoms with Gasteiger partial charge in [0.05, 0.1) is 18.7 Å². The molecule has 0 bridgehead atoms. The number of ether oxygens (including phenoxy) is 1. The minimum atomic E-state index is -4.78. The predicted molar refractivity (Wildman–Crippen MR) is 112 cm³/mol. The first-order valence-corrected chi connectivity index (χ1v) is 10.6. The average molecular weight is 450 g/mol. The summed E-state index contributed by atoms with van der Waals surface area (Å²) in [5, 5.41) is 5.20. The van der Waals surface area contributed by atoms with Gasteiger partial charge < -0.3 is 14.1 Å². The van der Waals surface area contributed by atoms with Crippen LogP contribution in [0.3, 0.4) is 0 Å². The van der Waals surface area contributed by atoms with Gasteiger partial charge in [-0.1, -0.05) is 13.0 Å². The number of fused-ring (bicyclic) bond motifs is 1. The van der Waals surface area contributed by atoms with Crippen LogP contribution in [0.2, 0.25) is 0 Å². The van der Waals surface area contributed by atoms with E-state index >= 15 is 0 Å². The Morgan fingerprint density at radius 1 is 1.34 bits per heavy atom. The lowest BCUT2D eigenvalue weighted by atomic mass is 10.0. The summed E-state index contributed by atoms with van der Waals surface area (Å²) in [5.41, 5.74) is 0.0464. The lowest BCUT2D eigenvalue weighted by Crippen LogP contribution is -2.34. The Morgan fingerprint density at radius 3 is 2.88 bits per heavy atom. The molecule has 0 aliphatic carbocycles. The van der Waals surface area contributed by atoms with Crippen molar-refractivity contribution >= 4 is 22.7 Å². The maximum absolute atomic E-state index is 13.6. The van der Waals surface area contributed by atoms with E-state index in [0.717, 1.165) is 23.7 Å². The Bertz CT molecular complexity index is 1110. The number of hydrogen-bond acceptors (Lipinski definition) is 6. The van der Waals surface area contributed by atoms with Crippen molar-refractivity contribution in [2.75, 3.05) is 31.7 Å². The van der Waals surface area contributed by atoms with E-state index in [9.17, 15) is 18.0 Å². The lowest BCUT2D eigenvalue weighted by molar-refractivity contribution is -0.141. The van der Waals surface area contributed by atoms with Gasteiger partial charge in [0.2, 0.25) is 11.5 Å². The van der Waals surface area contributed by atoms with Gasteiger partial charge in [0.25, 0.3) is 6.01 Å². The van der Waals surface area contributed by atoms with E-state index in [1.807, 2.05) is 13.1 Å². The van der Waals surface area contributed by atoms with Crippen LogP contribution < -0.4 is 4.90 Å². The molecule has 7 nitrogen and oxygen atoms in total. The SMILES string of the molecule is COCCn1cc2cc(CC(=O)c3oc(N4CCCC(C)C4)nc3C(F)(F)F)ccc2n1. The number of rotatable bonds is 7. The van der Waals surface area contributed by atoms with Crippen molar-refractivity contribution in [3.05, 3.63) is 41.4 Å². The van der Waals surface area contributed by atoms with Gasteiger partial charge in [-0.15, -0.1) is 0 Å². The molecule has 1 aromatic carbocycles. The van der Waals surface area contributed by atoms with Gasteiger partial charge >= 0.3 is 6.18 Å². The first kappa shape index (κ1) is 22.3. The second-order valence-corrected chi connectivity index (χ2v) is 8.24. The van der Waals surface area contributed by atoms with Crippen molar-refractivity contribution in [2.24, 2.45) is 5.92 Å². The van der Waals surface area contributed by atoms with Gasteiger partial charge in [-0.2, -0.15) is 23.3 Å². The number of aromatic nitrogens is 3. The second kappa shape index (κ2) is 8.93. The fourth-order valence-corrected chi connectivity index (χ4v) is 3.99. The van der Waals surface area contributed by atoms with Crippen molar-refractivity contribution < 1.29 is 27.1 Å². The van der Waals surface area contributed by atoms with Gasteiger partial charge in [0.15, 0.2) is 5.69 Å². The molecule has 0 N–H and O–H groups in total. The van der Waals surface area contributed by atoms with Crippen LogP contribution in [-0.2, 0) is 23.9 Å². The molecule has 1 fully saturated rings. The summed E-state index contributed by atoms with van der Waals surface area (Å²) in [6.07, 6.45) is -1.35. The van der Waals surface area contributed by atoms with E-state index in [-0.39, 0.29) is 12.4 Å². The number of piperidine rings is 1. The molecule has 2 aromatic heterocycles. The fourth-order valence-electron chi connectivity index (χ4n) is 3.99. The van der Waals surface area contributed by atoms with E-state index in [0.29, 0.717) is 37.7 Å². The Morgan fingerprint density at radius 2 is 2.16 bits per heavy atom. The Hall–Kier alpha value is -2.88. The zero-order valence-electron chi connectivity index (χ0n) is 18.0. The highest BCUT2D eigenvalue weighted by atomic mass is 19.4. The Balaban J connectivity index is 1.58. The molecule has 10 heteroatoms. The molecule has 1 saturated heterocycles. The van der Waals surface area contributed by atoms with Crippen LogP contribution in [0.15, 0.2) is 28.8 Å².